The Bertz CT molecular complexity index is 324. The highest BCUT2D eigenvalue weighted by molar-refractivity contribution is 5.42. The first-order valence-electron chi connectivity index (χ1n) is 5.64. The van der Waals surface area contributed by atoms with Gasteiger partial charge in [0.05, 0.1) is 7.11 Å². The molecule has 0 atom stereocenters. The second-order valence-corrected chi connectivity index (χ2v) is 4.11. The highest BCUT2D eigenvalue weighted by Crippen LogP contribution is 2.27. The van der Waals surface area contributed by atoms with E-state index in [0.29, 0.717) is 12.6 Å². The van der Waals surface area contributed by atoms with Crippen LogP contribution in [0, 0.1) is 6.92 Å². The van der Waals surface area contributed by atoms with Crippen LogP contribution in [-0.4, -0.2) is 26.3 Å². The van der Waals surface area contributed by atoms with Crippen molar-refractivity contribution in [1.82, 2.24) is 5.32 Å². The molecular formula is C13H21NO2. The largest absolute Gasteiger partial charge is 0.493 e. The van der Waals surface area contributed by atoms with Crippen LogP contribution in [-0.2, 0) is 0 Å². The Hall–Kier alpha value is -1.22. The van der Waals surface area contributed by atoms with Crippen LogP contribution in [0.4, 0.5) is 0 Å². The van der Waals surface area contributed by atoms with Gasteiger partial charge in [-0.05, 0) is 24.6 Å². The van der Waals surface area contributed by atoms with Crippen LogP contribution in [0.3, 0.4) is 0 Å². The first-order chi connectivity index (χ1) is 7.63. The van der Waals surface area contributed by atoms with Gasteiger partial charge in [0.15, 0.2) is 11.5 Å². The molecule has 0 aliphatic carbocycles. The lowest BCUT2D eigenvalue weighted by Gasteiger charge is -2.12. The minimum Gasteiger partial charge on any atom is -0.493 e. The van der Waals surface area contributed by atoms with Crippen molar-refractivity contribution in [2.24, 2.45) is 0 Å². The van der Waals surface area contributed by atoms with E-state index in [1.54, 1.807) is 7.11 Å². The maximum absolute atomic E-state index is 5.65. The van der Waals surface area contributed by atoms with E-state index in [1.807, 2.05) is 25.1 Å². The minimum atomic E-state index is 0.489. The lowest BCUT2D eigenvalue weighted by molar-refractivity contribution is 0.288. The third-order valence-corrected chi connectivity index (χ3v) is 2.23. The number of methoxy groups -OCH3 is 1. The third kappa shape index (κ3) is 4.11. The van der Waals surface area contributed by atoms with E-state index in [9.17, 15) is 0 Å². The fourth-order valence-electron chi connectivity index (χ4n) is 1.40. The number of hydrogen-bond donors (Lipinski definition) is 1. The van der Waals surface area contributed by atoms with Gasteiger partial charge < -0.3 is 14.8 Å². The quantitative estimate of drug-likeness (QED) is 0.751. The van der Waals surface area contributed by atoms with E-state index in [2.05, 4.69) is 19.2 Å². The molecule has 1 rings (SSSR count). The Balaban J connectivity index is 2.47. The fourth-order valence-corrected chi connectivity index (χ4v) is 1.40. The standard InChI is InChI=1S/C13H21NO2/c1-10(2)14-7-8-16-12-6-5-11(3)9-13(12)15-4/h5-6,9-10,14H,7-8H2,1-4H3. The van der Waals surface area contributed by atoms with E-state index in [4.69, 9.17) is 9.47 Å². The van der Waals surface area contributed by atoms with Crippen molar-refractivity contribution in [2.45, 2.75) is 26.8 Å². The Morgan fingerprint density at radius 1 is 1.25 bits per heavy atom. The smallest absolute Gasteiger partial charge is 0.161 e. The first kappa shape index (κ1) is 12.8. The molecule has 90 valence electrons. The summed E-state index contributed by atoms with van der Waals surface area (Å²) in [6.45, 7) is 7.76. The Labute approximate surface area is 97.8 Å². The Morgan fingerprint density at radius 3 is 2.62 bits per heavy atom. The molecule has 0 spiro atoms. The van der Waals surface area contributed by atoms with E-state index < -0.39 is 0 Å². The number of ether oxygens (including phenoxy) is 2. The van der Waals surface area contributed by atoms with Crippen molar-refractivity contribution < 1.29 is 9.47 Å². The van der Waals surface area contributed by atoms with Gasteiger partial charge in [-0.1, -0.05) is 19.9 Å². The normalized spacial score (nSPS) is 10.6. The molecule has 0 aliphatic heterocycles. The van der Waals surface area contributed by atoms with Crippen LogP contribution < -0.4 is 14.8 Å². The number of rotatable bonds is 6. The molecule has 3 nitrogen and oxygen atoms in total. The predicted octanol–water partition coefficient (Wildman–Crippen LogP) is 2.38. The molecule has 0 aromatic heterocycles. The van der Waals surface area contributed by atoms with Gasteiger partial charge in [0.2, 0.25) is 0 Å². The molecule has 0 fully saturated rings. The molecule has 0 unspecified atom stereocenters. The second-order valence-electron chi connectivity index (χ2n) is 4.11. The van der Waals surface area contributed by atoms with Gasteiger partial charge in [0, 0.05) is 12.6 Å². The zero-order valence-corrected chi connectivity index (χ0v) is 10.5. The molecule has 1 N–H and O–H groups in total. The molecule has 0 heterocycles. The summed E-state index contributed by atoms with van der Waals surface area (Å²) in [4.78, 5) is 0. The zero-order chi connectivity index (χ0) is 12.0. The minimum absolute atomic E-state index is 0.489. The summed E-state index contributed by atoms with van der Waals surface area (Å²) in [6.07, 6.45) is 0. The van der Waals surface area contributed by atoms with Crippen LogP contribution in [0.1, 0.15) is 19.4 Å². The molecule has 0 aliphatic rings. The predicted molar refractivity (Wildman–Crippen MR) is 66.4 cm³/mol. The summed E-state index contributed by atoms with van der Waals surface area (Å²) in [5.74, 6) is 1.60. The summed E-state index contributed by atoms with van der Waals surface area (Å²) in [5, 5.41) is 3.30. The van der Waals surface area contributed by atoms with Crippen molar-refractivity contribution in [2.75, 3.05) is 20.3 Å². The molecule has 0 saturated heterocycles. The van der Waals surface area contributed by atoms with Crippen molar-refractivity contribution in [3.63, 3.8) is 0 Å². The van der Waals surface area contributed by atoms with Gasteiger partial charge in [-0.3, -0.25) is 0 Å². The molecule has 0 amide bonds. The van der Waals surface area contributed by atoms with Crippen LogP contribution in [0.15, 0.2) is 18.2 Å². The van der Waals surface area contributed by atoms with E-state index >= 15 is 0 Å². The number of aryl methyl sites for hydroxylation is 1. The molecular weight excluding hydrogens is 202 g/mol. The number of nitrogens with one attached hydrogen (secondary N) is 1. The highest BCUT2D eigenvalue weighted by Gasteiger charge is 2.03. The van der Waals surface area contributed by atoms with Crippen LogP contribution >= 0.6 is 0 Å². The molecule has 3 heteroatoms. The fraction of sp³-hybridized carbons (Fsp3) is 0.538. The van der Waals surface area contributed by atoms with E-state index in [0.717, 1.165) is 18.0 Å². The summed E-state index contributed by atoms with van der Waals surface area (Å²) >= 11 is 0. The molecule has 1 aromatic rings. The summed E-state index contributed by atoms with van der Waals surface area (Å²) in [6, 6.07) is 6.44. The van der Waals surface area contributed by atoms with Crippen LogP contribution in [0.25, 0.3) is 0 Å². The van der Waals surface area contributed by atoms with Crippen molar-refractivity contribution >= 4 is 0 Å². The highest BCUT2D eigenvalue weighted by atomic mass is 16.5. The third-order valence-electron chi connectivity index (χ3n) is 2.23. The first-order valence-corrected chi connectivity index (χ1v) is 5.64. The molecule has 0 radical (unpaired) electrons. The molecule has 1 aromatic carbocycles. The van der Waals surface area contributed by atoms with E-state index in [1.165, 1.54) is 5.56 Å². The van der Waals surface area contributed by atoms with Crippen LogP contribution in [0.2, 0.25) is 0 Å². The van der Waals surface area contributed by atoms with Crippen LogP contribution in [0.5, 0.6) is 11.5 Å². The molecule has 0 saturated carbocycles. The van der Waals surface area contributed by atoms with Gasteiger partial charge in [0.1, 0.15) is 6.61 Å². The van der Waals surface area contributed by atoms with Gasteiger partial charge in [-0.15, -0.1) is 0 Å². The monoisotopic (exact) mass is 223 g/mol. The summed E-state index contributed by atoms with van der Waals surface area (Å²) in [5.41, 5.74) is 1.17. The van der Waals surface area contributed by atoms with Gasteiger partial charge in [-0.25, -0.2) is 0 Å². The summed E-state index contributed by atoms with van der Waals surface area (Å²) < 4.78 is 10.9. The maximum atomic E-state index is 5.65. The number of hydrogen-bond acceptors (Lipinski definition) is 3. The topological polar surface area (TPSA) is 30.5 Å². The van der Waals surface area contributed by atoms with Gasteiger partial charge in [-0.2, -0.15) is 0 Å². The summed E-state index contributed by atoms with van der Waals surface area (Å²) in [7, 11) is 1.66. The van der Waals surface area contributed by atoms with E-state index in [-0.39, 0.29) is 0 Å². The Morgan fingerprint density at radius 2 is 2.00 bits per heavy atom. The lowest BCUT2D eigenvalue weighted by Crippen LogP contribution is -2.27. The van der Waals surface area contributed by atoms with Crippen molar-refractivity contribution in [3.05, 3.63) is 23.8 Å². The van der Waals surface area contributed by atoms with Gasteiger partial charge in [0.25, 0.3) is 0 Å². The van der Waals surface area contributed by atoms with Crippen molar-refractivity contribution in [3.8, 4) is 11.5 Å². The SMILES string of the molecule is COc1cc(C)ccc1OCCNC(C)C. The molecule has 16 heavy (non-hydrogen) atoms. The van der Waals surface area contributed by atoms with Gasteiger partial charge >= 0.3 is 0 Å². The second kappa shape index (κ2) is 6.38. The average Bonchev–Trinajstić information content (AvgIpc) is 2.25. The average molecular weight is 223 g/mol. The lowest BCUT2D eigenvalue weighted by atomic mass is 10.2. The zero-order valence-electron chi connectivity index (χ0n) is 10.5. The Kier molecular flexibility index (Phi) is 5.12. The van der Waals surface area contributed by atoms with Crippen molar-refractivity contribution in [1.29, 1.82) is 0 Å². The molecule has 0 bridgehead atoms. The number of benzene rings is 1. The maximum Gasteiger partial charge on any atom is 0.161 e.